The van der Waals surface area contributed by atoms with Crippen LogP contribution in [0.2, 0.25) is 0 Å². The summed E-state index contributed by atoms with van der Waals surface area (Å²) in [5.74, 6) is -2.10. The zero-order valence-electron chi connectivity index (χ0n) is 10.4. The van der Waals surface area contributed by atoms with Crippen LogP contribution in [0.25, 0.3) is 0 Å². The van der Waals surface area contributed by atoms with Crippen LogP contribution in [0.3, 0.4) is 0 Å². The lowest BCUT2D eigenvalue weighted by Gasteiger charge is -2.03. The SMILES string of the molecule is CCOC(=O)c1oc(C2CCCC2)nc1C(F)(F)F. The van der Waals surface area contributed by atoms with Gasteiger partial charge in [-0.3, -0.25) is 0 Å². The first-order chi connectivity index (χ1) is 8.93. The van der Waals surface area contributed by atoms with Crippen LogP contribution in [0.1, 0.15) is 60.7 Å². The monoisotopic (exact) mass is 277 g/mol. The highest BCUT2D eigenvalue weighted by molar-refractivity contribution is 5.87. The van der Waals surface area contributed by atoms with Crippen LogP contribution in [0, 0.1) is 0 Å². The molecule has 1 fully saturated rings. The summed E-state index contributed by atoms with van der Waals surface area (Å²) in [6.45, 7) is 1.50. The molecule has 1 aromatic heterocycles. The number of carbonyl (C=O) groups excluding carboxylic acids is 1. The topological polar surface area (TPSA) is 52.3 Å². The maximum Gasteiger partial charge on any atom is 0.437 e. The molecule has 1 heterocycles. The van der Waals surface area contributed by atoms with Crippen molar-refractivity contribution in [3.8, 4) is 0 Å². The van der Waals surface area contributed by atoms with Gasteiger partial charge in [-0.25, -0.2) is 9.78 Å². The largest absolute Gasteiger partial charge is 0.460 e. The molecule has 0 radical (unpaired) electrons. The number of esters is 1. The standard InChI is InChI=1S/C12H14F3NO3/c1-2-18-11(17)8-9(12(13,14)15)16-10(19-8)7-5-3-4-6-7/h7H,2-6H2,1H3. The van der Waals surface area contributed by atoms with E-state index in [0.717, 1.165) is 25.7 Å². The van der Waals surface area contributed by atoms with E-state index < -0.39 is 23.6 Å². The van der Waals surface area contributed by atoms with Gasteiger partial charge in [0, 0.05) is 5.92 Å². The van der Waals surface area contributed by atoms with E-state index in [0.29, 0.717) is 0 Å². The van der Waals surface area contributed by atoms with Gasteiger partial charge in [0.25, 0.3) is 0 Å². The molecule has 4 nitrogen and oxygen atoms in total. The van der Waals surface area contributed by atoms with Crippen molar-refractivity contribution in [1.82, 2.24) is 4.98 Å². The molecule has 7 heteroatoms. The highest BCUT2D eigenvalue weighted by Crippen LogP contribution is 2.38. The highest BCUT2D eigenvalue weighted by Gasteiger charge is 2.42. The molecule has 0 aromatic carbocycles. The molecule has 19 heavy (non-hydrogen) atoms. The number of alkyl halides is 3. The molecule has 0 bridgehead atoms. The van der Waals surface area contributed by atoms with Crippen molar-refractivity contribution < 1.29 is 27.1 Å². The Bertz CT molecular complexity index is 461. The third-order valence-corrected chi connectivity index (χ3v) is 3.08. The fraction of sp³-hybridized carbons (Fsp3) is 0.667. The molecule has 0 saturated heterocycles. The number of carbonyl (C=O) groups is 1. The van der Waals surface area contributed by atoms with E-state index in [1.807, 2.05) is 0 Å². The summed E-state index contributed by atoms with van der Waals surface area (Å²) < 4.78 is 48.1. The fourth-order valence-corrected chi connectivity index (χ4v) is 2.21. The minimum absolute atomic E-state index is 0.00659. The second-order valence-electron chi connectivity index (χ2n) is 4.43. The molecular formula is C12H14F3NO3. The Hall–Kier alpha value is -1.53. The van der Waals surface area contributed by atoms with Crippen LogP contribution in [-0.2, 0) is 10.9 Å². The maximum absolute atomic E-state index is 12.8. The Balaban J connectivity index is 2.36. The lowest BCUT2D eigenvalue weighted by molar-refractivity contribution is -0.141. The quantitative estimate of drug-likeness (QED) is 0.793. The predicted molar refractivity (Wildman–Crippen MR) is 58.7 cm³/mol. The first-order valence-electron chi connectivity index (χ1n) is 6.18. The average Bonchev–Trinajstić information content (AvgIpc) is 2.97. The Morgan fingerprint density at radius 2 is 2.05 bits per heavy atom. The molecule has 1 aliphatic carbocycles. The van der Waals surface area contributed by atoms with Crippen molar-refractivity contribution in [3.05, 3.63) is 17.3 Å². The summed E-state index contributed by atoms with van der Waals surface area (Å²) in [7, 11) is 0. The summed E-state index contributed by atoms with van der Waals surface area (Å²) in [6, 6.07) is 0. The Labute approximate surface area is 107 Å². The third kappa shape index (κ3) is 2.90. The zero-order chi connectivity index (χ0) is 14.0. The molecule has 2 rings (SSSR count). The average molecular weight is 277 g/mol. The smallest absolute Gasteiger partial charge is 0.437 e. The second kappa shape index (κ2) is 5.22. The van der Waals surface area contributed by atoms with Gasteiger partial charge >= 0.3 is 12.1 Å². The second-order valence-corrected chi connectivity index (χ2v) is 4.43. The van der Waals surface area contributed by atoms with Gasteiger partial charge in [-0.2, -0.15) is 13.2 Å². The molecule has 0 unspecified atom stereocenters. The van der Waals surface area contributed by atoms with Crippen molar-refractivity contribution in [2.24, 2.45) is 0 Å². The summed E-state index contributed by atoms with van der Waals surface area (Å²) in [4.78, 5) is 15.0. The van der Waals surface area contributed by atoms with Crippen molar-refractivity contribution in [1.29, 1.82) is 0 Å². The van der Waals surface area contributed by atoms with Crippen molar-refractivity contribution in [2.75, 3.05) is 6.61 Å². The first-order valence-corrected chi connectivity index (χ1v) is 6.18. The van der Waals surface area contributed by atoms with Crippen LogP contribution >= 0.6 is 0 Å². The number of hydrogen-bond acceptors (Lipinski definition) is 4. The Morgan fingerprint density at radius 1 is 1.42 bits per heavy atom. The van der Waals surface area contributed by atoms with Crippen LogP contribution < -0.4 is 0 Å². The van der Waals surface area contributed by atoms with Crippen LogP contribution in [0.15, 0.2) is 4.42 Å². The molecule has 1 saturated carbocycles. The van der Waals surface area contributed by atoms with Crippen molar-refractivity contribution in [2.45, 2.75) is 44.7 Å². The predicted octanol–water partition coefficient (Wildman–Crippen LogP) is 3.53. The van der Waals surface area contributed by atoms with Gasteiger partial charge in [0.05, 0.1) is 6.61 Å². The van der Waals surface area contributed by atoms with Crippen molar-refractivity contribution >= 4 is 5.97 Å². The summed E-state index contributed by atoms with van der Waals surface area (Å²) in [5, 5.41) is 0. The van der Waals surface area contributed by atoms with Crippen molar-refractivity contribution in [3.63, 3.8) is 0 Å². The number of hydrogen-bond donors (Lipinski definition) is 0. The van der Waals surface area contributed by atoms with E-state index in [-0.39, 0.29) is 18.4 Å². The van der Waals surface area contributed by atoms with Gasteiger partial charge in [-0.05, 0) is 19.8 Å². The maximum atomic E-state index is 12.8. The minimum Gasteiger partial charge on any atom is -0.460 e. The van der Waals surface area contributed by atoms with Crippen LogP contribution in [-0.4, -0.2) is 17.6 Å². The molecule has 1 aliphatic rings. The molecule has 0 atom stereocenters. The Kier molecular flexibility index (Phi) is 3.82. The minimum atomic E-state index is -4.72. The van der Waals surface area contributed by atoms with E-state index in [1.54, 1.807) is 0 Å². The molecule has 1 aromatic rings. The number of aromatic nitrogens is 1. The van der Waals surface area contributed by atoms with Gasteiger partial charge in [0.15, 0.2) is 11.6 Å². The van der Waals surface area contributed by atoms with E-state index in [2.05, 4.69) is 9.72 Å². The Morgan fingerprint density at radius 3 is 2.58 bits per heavy atom. The molecule has 0 amide bonds. The summed E-state index contributed by atoms with van der Waals surface area (Å²) >= 11 is 0. The zero-order valence-corrected chi connectivity index (χ0v) is 10.4. The summed E-state index contributed by atoms with van der Waals surface area (Å²) in [5.41, 5.74) is -1.28. The third-order valence-electron chi connectivity index (χ3n) is 3.08. The van der Waals surface area contributed by atoms with Gasteiger partial charge in [-0.1, -0.05) is 12.8 Å². The molecule has 0 spiro atoms. The van der Waals surface area contributed by atoms with E-state index in [1.165, 1.54) is 6.92 Å². The van der Waals surface area contributed by atoms with Crippen LogP contribution in [0.4, 0.5) is 13.2 Å². The van der Waals surface area contributed by atoms with E-state index in [4.69, 9.17) is 4.42 Å². The van der Waals surface area contributed by atoms with Gasteiger partial charge in [-0.15, -0.1) is 0 Å². The molecular weight excluding hydrogens is 263 g/mol. The number of oxazole rings is 1. The van der Waals surface area contributed by atoms with E-state index >= 15 is 0 Å². The number of nitrogens with zero attached hydrogens (tertiary/aromatic N) is 1. The van der Waals surface area contributed by atoms with E-state index in [9.17, 15) is 18.0 Å². The molecule has 0 N–H and O–H groups in total. The summed E-state index contributed by atoms with van der Waals surface area (Å²) in [6.07, 6.45) is -1.38. The van der Waals surface area contributed by atoms with Gasteiger partial charge in [0.2, 0.25) is 5.76 Å². The van der Waals surface area contributed by atoms with Gasteiger partial charge in [0.1, 0.15) is 0 Å². The first kappa shape index (κ1) is 13.9. The lowest BCUT2D eigenvalue weighted by atomic mass is 10.1. The van der Waals surface area contributed by atoms with Crippen LogP contribution in [0.5, 0.6) is 0 Å². The number of halogens is 3. The number of rotatable bonds is 3. The molecule has 0 aliphatic heterocycles. The lowest BCUT2D eigenvalue weighted by Crippen LogP contribution is -2.14. The highest BCUT2D eigenvalue weighted by atomic mass is 19.4. The molecule has 106 valence electrons. The number of ether oxygens (including phenoxy) is 1. The normalized spacial score (nSPS) is 16.8. The van der Waals surface area contributed by atoms with Gasteiger partial charge < -0.3 is 9.15 Å². The fourth-order valence-electron chi connectivity index (χ4n) is 2.21.